The fourth-order valence-corrected chi connectivity index (χ4v) is 3.65. The quantitative estimate of drug-likeness (QED) is 0.655. The van der Waals surface area contributed by atoms with Gasteiger partial charge in [0.15, 0.2) is 11.5 Å². The molecule has 1 aromatic carbocycles. The largest absolute Gasteiger partial charge is 0.326 e. The maximum Gasteiger partial charge on any atom is 0.225 e. The molecular formula is C18H22ClN5O3S. The molecule has 2 aromatic heterocycles. The van der Waals surface area contributed by atoms with Gasteiger partial charge < -0.3 is 10.3 Å². The van der Waals surface area contributed by atoms with Crippen LogP contribution in [0.4, 0.5) is 5.69 Å². The molecular weight excluding hydrogens is 402 g/mol. The standard InChI is InChI=1S/C18H22ClN5O3S/c1-18(2,3)15-14(19)17-21-16(23-24(17)22-15)11-6-5-7-12(10-11)20-13(25)8-9-28(4,26)27/h5-7,10H,8-9H2,1-4H3,(H,20,25)(H,21,23). The number of fused-ring (bicyclic) bond motifs is 1. The van der Waals surface area contributed by atoms with Crippen molar-refractivity contribution in [2.75, 3.05) is 17.3 Å². The van der Waals surface area contributed by atoms with E-state index in [2.05, 4.69) is 20.5 Å². The zero-order valence-electron chi connectivity index (χ0n) is 16.1. The van der Waals surface area contributed by atoms with E-state index in [1.165, 1.54) is 4.63 Å². The predicted molar refractivity (Wildman–Crippen MR) is 109 cm³/mol. The summed E-state index contributed by atoms with van der Waals surface area (Å²) in [4.78, 5) is 15.1. The smallest absolute Gasteiger partial charge is 0.225 e. The Morgan fingerprint density at radius 3 is 2.61 bits per heavy atom. The van der Waals surface area contributed by atoms with Crippen molar-refractivity contribution in [1.82, 2.24) is 19.8 Å². The topological polar surface area (TPSA) is 109 Å². The first-order valence-electron chi connectivity index (χ1n) is 8.67. The molecule has 0 aliphatic rings. The third-order valence-corrected chi connectivity index (χ3v) is 5.38. The van der Waals surface area contributed by atoms with Crippen molar-refractivity contribution >= 4 is 38.7 Å². The number of benzene rings is 1. The lowest BCUT2D eigenvalue weighted by Crippen LogP contribution is -2.16. The van der Waals surface area contributed by atoms with Gasteiger partial charge in [-0.2, -0.15) is 5.10 Å². The Morgan fingerprint density at radius 2 is 2.00 bits per heavy atom. The lowest BCUT2D eigenvalue weighted by Gasteiger charge is -2.14. The van der Waals surface area contributed by atoms with Crippen molar-refractivity contribution in [3.05, 3.63) is 35.0 Å². The number of nitrogens with one attached hydrogen (secondary N) is 2. The molecule has 2 heterocycles. The van der Waals surface area contributed by atoms with Gasteiger partial charge >= 0.3 is 0 Å². The fraction of sp³-hybridized carbons (Fsp3) is 0.389. The molecule has 0 unspecified atom stereocenters. The van der Waals surface area contributed by atoms with E-state index in [4.69, 9.17) is 11.6 Å². The summed E-state index contributed by atoms with van der Waals surface area (Å²) >= 11 is 6.45. The highest BCUT2D eigenvalue weighted by Crippen LogP contribution is 2.32. The summed E-state index contributed by atoms with van der Waals surface area (Å²) in [7, 11) is -3.19. The van der Waals surface area contributed by atoms with Crippen molar-refractivity contribution in [2.24, 2.45) is 0 Å². The molecule has 28 heavy (non-hydrogen) atoms. The van der Waals surface area contributed by atoms with E-state index >= 15 is 0 Å². The van der Waals surface area contributed by atoms with E-state index in [9.17, 15) is 13.2 Å². The first-order valence-corrected chi connectivity index (χ1v) is 11.1. The highest BCUT2D eigenvalue weighted by atomic mass is 35.5. The number of amides is 1. The van der Waals surface area contributed by atoms with Crippen LogP contribution in [0.3, 0.4) is 0 Å². The molecule has 0 spiro atoms. The van der Waals surface area contributed by atoms with Gasteiger partial charge in [0.1, 0.15) is 14.9 Å². The molecule has 0 bridgehead atoms. The van der Waals surface area contributed by atoms with Crippen LogP contribution in [0.15, 0.2) is 24.3 Å². The van der Waals surface area contributed by atoms with E-state index in [-0.39, 0.29) is 23.5 Å². The summed E-state index contributed by atoms with van der Waals surface area (Å²) in [5.41, 5.74) is 2.43. The van der Waals surface area contributed by atoms with Crippen LogP contribution in [-0.4, -0.2) is 46.1 Å². The van der Waals surface area contributed by atoms with Gasteiger partial charge in [0, 0.05) is 29.3 Å². The number of nitrogens with zero attached hydrogens (tertiary/aromatic N) is 3. The van der Waals surface area contributed by atoms with Crippen LogP contribution in [0.2, 0.25) is 5.02 Å². The Morgan fingerprint density at radius 1 is 1.29 bits per heavy atom. The zero-order valence-corrected chi connectivity index (χ0v) is 17.6. The molecule has 0 aliphatic heterocycles. The van der Waals surface area contributed by atoms with Crippen LogP contribution >= 0.6 is 11.6 Å². The Bertz CT molecular complexity index is 1140. The molecule has 3 rings (SSSR count). The molecule has 10 heteroatoms. The van der Waals surface area contributed by atoms with Gasteiger partial charge in [0.05, 0.1) is 11.4 Å². The first kappa shape index (κ1) is 20.3. The van der Waals surface area contributed by atoms with Crippen molar-refractivity contribution in [3.8, 4) is 11.4 Å². The van der Waals surface area contributed by atoms with Crippen LogP contribution in [0.25, 0.3) is 17.0 Å². The van der Waals surface area contributed by atoms with E-state index < -0.39 is 9.84 Å². The average Bonchev–Trinajstić information content (AvgIpc) is 3.12. The molecule has 0 fully saturated rings. The number of rotatable bonds is 5. The monoisotopic (exact) mass is 423 g/mol. The van der Waals surface area contributed by atoms with Crippen LogP contribution < -0.4 is 5.32 Å². The van der Waals surface area contributed by atoms with Gasteiger partial charge in [0.2, 0.25) is 5.91 Å². The normalized spacial score (nSPS) is 12.5. The number of aromatic amines is 1. The SMILES string of the molecule is CC(C)(C)c1nn2nc(-c3cccc(NC(=O)CCS(C)(=O)=O)c3)[nH]c2c1Cl. The number of carbonyl (C=O) groups excluding carboxylic acids is 1. The number of sulfone groups is 1. The maximum absolute atomic E-state index is 12.0. The summed E-state index contributed by atoms with van der Waals surface area (Å²) in [6.07, 6.45) is 1.01. The van der Waals surface area contributed by atoms with Gasteiger partial charge in [-0.1, -0.05) is 44.5 Å². The van der Waals surface area contributed by atoms with Crippen LogP contribution in [0.5, 0.6) is 0 Å². The maximum atomic E-state index is 12.0. The number of aromatic nitrogens is 4. The highest BCUT2D eigenvalue weighted by molar-refractivity contribution is 7.90. The van der Waals surface area contributed by atoms with Crippen LogP contribution in [-0.2, 0) is 20.0 Å². The molecule has 8 nitrogen and oxygen atoms in total. The minimum Gasteiger partial charge on any atom is -0.326 e. The fourth-order valence-electron chi connectivity index (χ4n) is 2.65. The molecule has 0 saturated heterocycles. The minimum atomic E-state index is -3.19. The van der Waals surface area contributed by atoms with E-state index in [1.807, 2.05) is 26.8 Å². The summed E-state index contributed by atoms with van der Waals surface area (Å²) in [6, 6.07) is 7.08. The zero-order chi connectivity index (χ0) is 20.7. The highest BCUT2D eigenvalue weighted by Gasteiger charge is 2.25. The Kier molecular flexibility index (Phi) is 5.24. The number of carbonyl (C=O) groups is 1. The second kappa shape index (κ2) is 7.21. The molecule has 2 N–H and O–H groups in total. The predicted octanol–water partition coefficient (Wildman–Crippen LogP) is 3.05. The van der Waals surface area contributed by atoms with E-state index in [0.717, 1.165) is 17.5 Å². The third kappa shape index (κ3) is 4.53. The van der Waals surface area contributed by atoms with Gasteiger partial charge in [-0.05, 0) is 12.1 Å². The number of anilines is 1. The van der Waals surface area contributed by atoms with Crippen LogP contribution in [0.1, 0.15) is 32.9 Å². The van der Waals surface area contributed by atoms with Crippen LogP contribution in [0, 0.1) is 0 Å². The Hall–Kier alpha value is -2.39. The lowest BCUT2D eigenvalue weighted by atomic mass is 9.92. The molecule has 0 saturated carbocycles. The molecule has 3 aromatic rings. The summed E-state index contributed by atoms with van der Waals surface area (Å²) < 4.78 is 23.8. The molecule has 150 valence electrons. The average molecular weight is 424 g/mol. The van der Waals surface area contributed by atoms with Gasteiger partial charge in [-0.25, -0.2) is 8.42 Å². The molecule has 0 aliphatic carbocycles. The van der Waals surface area contributed by atoms with Crippen molar-refractivity contribution < 1.29 is 13.2 Å². The first-order chi connectivity index (χ1) is 12.9. The molecule has 0 radical (unpaired) electrons. The third-order valence-electron chi connectivity index (χ3n) is 4.07. The second-order valence-electron chi connectivity index (χ2n) is 7.73. The Labute approximate surface area is 168 Å². The number of halogens is 1. The van der Waals surface area contributed by atoms with Gasteiger partial charge in [-0.3, -0.25) is 4.79 Å². The molecule has 1 amide bonds. The number of hydrogen-bond acceptors (Lipinski definition) is 5. The number of hydrogen-bond donors (Lipinski definition) is 2. The van der Waals surface area contributed by atoms with E-state index in [0.29, 0.717) is 22.2 Å². The van der Waals surface area contributed by atoms with Gasteiger partial charge in [-0.15, -0.1) is 9.73 Å². The summed E-state index contributed by atoms with van der Waals surface area (Å²) in [5, 5.41) is 12.1. The van der Waals surface area contributed by atoms with E-state index in [1.54, 1.807) is 18.2 Å². The van der Waals surface area contributed by atoms with Crippen molar-refractivity contribution in [3.63, 3.8) is 0 Å². The number of H-pyrrole nitrogens is 1. The second-order valence-corrected chi connectivity index (χ2v) is 10.4. The lowest BCUT2D eigenvalue weighted by molar-refractivity contribution is -0.115. The van der Waals surface area contributed by atoms with Gasteiger partial charge in [0.25, 0.3) is 0 Å². The Balaban J connectivity index is 1.83. The molecule has 0 atom stereocenters. The minimum absolute atomic E-state index is 0.0944. The van der Waals surface area contributed by atoms with Crippen molar-refractivity contribution in [1.29, 1.82) is 0 Å². The summed E-state index contributed by atoms with van der Waals surface area (Å²) in [6.45, 7) is 6.08. The van der Waals surface area contributed by atoms with Crippen molar-refractivity contribution in [2.45, 2.75) is 32.6 Å². The summed E-state index contributed by atoms with van der Waals surface area (Å²) in [5.74, 6) is -0.00511.